The summed E-state index contributed by atoms with van der Waals surface area (Å²) in [5.41, 5.74) is -1.28. The number of likely N-dealkylation sites (N-methyl/N-ethyl adjacent to an activating group) is 2. The zero-order valence-electron chi connectivity index (χ0n) is 29.3. The molecule has 48 heavy (non-hydrogen) atoms. The molecule has 0 unspecified atom stereocenters. The molecule has 1 saturated heterocycles. The lowest BCUT2D eigenvalue weighted by Crippen LogP contribution is -2.60. The highest BCUT2D eigenvalue weighted by Gasteiger charge is 2.44. The topological polar surface area (TPSA) is 118 Å². The van der Waals surface area contributed by atoms with Crippen molar-refractivity contribution in [2.45, 2.75) is 105 Å². The van der Waals surface area contributed by atoms with E-state index in [1.54, 1.807) is 11.9 Å². The molecule has 0 aliphatic carbocycles. The smallest absolute Gasteiger partial charge is 0.363 e. The number of ether oxygens (including phenoxy) is 2. The molecule has 0 spiro atoms. The highest BCUT2D eigenvalue weighted by atomic mass is 32.1. The summed E-state index contributed by atoms with van der Waals surface area (Å²) in [6, 6.07) is -1.28. The molecule has 0 bridgehead atoms. The minimum absolute atomic E-state index is 0.0864. The van der Waals surface area contributed by atoms with Crippen molar-refractivity contribution in [2.24, 2.45) is 11.8 Å². The second-order valence-electron chi connectivity index (χ2n) is 13.2. The number of hydrogen-bond donors (Lipinski definition) is 1. The molecule has 14 heteroatoms. The third-order valence-corrected chi connectivity index (χ3v) is 10.6. The van der Waals surface area contributed by atoms with Gasteiger partial charge in [0.25, 0.3) is 0 Å². The van der Waals surface area contributed by atoms with Gasteiger partial charge < -0.3 is 19.7 Å². The zero-order valence-corrected chi connectivity index (χ0v) is 30.1. The lowest BCUT2D eigenvalue weighted by Gasteiger charge is -2.38. The number of thiazole rings is 1. The van der Waals surface area contributed by atoms with Gasteiger partial charge in [0.05, 0.1) is 5.54 Å². The van der Waals surface area contributed by atoms with Gasteiger partial charge in [0.1, 0.15) is 11.0 Å². The Hall–Kier alpha value is -3.52. The fourth-order valence-electron chi connectivity index (χ4n) is 5.90. The van der Waals surface area contributed by atoms with Crippen LogP contribution in [-0.2, 0) is 19.1 Å². The number of nitrogens with one attached hydrogen (secondary N) is 1. The van der Waals surface area contributed by atoms with Crippen LogP contribution in [0.5, 0.6) is 5.75 Å². The molecule has 2 aromatic rings. The van der Waals surface area contributed by atoms with Crippen molar-refractivity contribution in [1.29, 1.82) is 0 Å². The molecule has 2 heterocycles. The Morgan fingerprint density at radius 3 is 2.29 bits per heavy atom. The van der Waals surface area contributed by atoms with Crippen LogP contribution in [0.1, 0.15) is 100.0 Å². The van der Waals surface area contributed by atoms with Crippen LogP contribution in [0, 0.1) is 43.1 Å². The maximum atomic E-state index is 14.5. The van der Waals surface area contributed by atoms with Crippen molar-refractivity contribution >= 4 is 35.1 Å². The van der Waals surface area contributed by atoms with Gasteiger partial charge in [-0.05, 0) is 64.6 Å². The molecule has 3 rings (SSSR count). The summed E-state index contributed by atoms with van der Waals surface area (Å²) in [5.74, 6) is -8.05. The minimum atomic E-state index is -1.76. The van der Waals surface area contributed by atoms with E-state index >= 15 is 0 Å². The molecule has 1 aromatic heterocycles. The number of amides is 2. The van der Waals surface area contributed by atoms with E-state index in [1.165, 1.54) is 26.2 Å². The van der Waals surface area contributed by atoms with Gasteiger partial charge in [0.15, 0.2) is 29.2 Å². The second-order valence-corrected chi connectivity index (χ2v) is 14.1. The van der Waals surface area contributed by atoms with Gasteiger partial charge in [-0.1, -0.05) is 34.1 Å². The largest absolute Gasteiger partial charge is 0.455 e. The van der Waals surface area contributed by atoms with Crippen molar-refractivity contribution in [3.8, 4) is 5.75 Å². The first-order valence-electron chi connectivity index (χ1n) is 16.1. The number of nitrogens with zero attached hydrogens (tertiary/aromatic N) is 3. The molecule has 1 N–H and O–H groups in total. The molecule has 1 aliphatic rings. The van der Waals surface area contributed by atoms with Gasteiger partial charge in [-0.3, -0.25) is 19.3 Å². The molecule has 2 amide bonds. The average Bonchev–Trinajstić information content (AvgIpc) is 3.67. The van der Waals surface area contributed by atoms with Crippen molar-refractivity contribution < 1.29 is 41.8 Å². The molecule has 0 radical (unpaired) electrons. The Morgan fingerprint density at radius 2 is 1.75 bits per heavy atom. The lowest BCUT2D eigenvalue weighted by molar-refractivity contribution is -0.149. The predicted molar refractivity (Wildman–Crippen MR) is 175 cm³/mol. The lowest BCUT2D eigenvalue weighted by atomic mass is 9.91. The molecule has 5 atom stereocenters. The van der Waals surface area contributed by atoms with E-state index in [4.69, 9.17) is 9.47 Å². The van der Waals surface area contributed by atoms with Crippen LogP contribution in [-0.4, -0.2) is 76.8 Å². The quantitative estimate of drug-likeness (QED) is 0.157. The van der Waals surface area contributed by atoms with E-state index < -0.39 is 58.9 Å². The Kier molecular flexibility index (Phi) is 12.8. The van der Waals surface area contributed by atoms with Crippen LogP contribution in [0.2, 0.25) is 0 Å². The average molecular weight is 697 g/mol. The Labute approximate surface area is 284 Å². The van der Waals surface area contributed by atoms with Crippen LogP contribution >= 0.6 is 11.3 Å². The van der Waals surface area contributed by atoms with E-state index in [2.05, 4.69) is 10.3 Å². The van der Waals surface area contributed by atoms with E-state index in [9.17, 15) is 32.3 Å². The third-order valence-electron chi connectivity index (χ3n) is 9.65. The first-order chi connectivity index (χ1) is 22.3. The Balaban J connectivity index is 1.87. The van der Waals surface area contributed by atoms with Gasteiger partial charge in [0.2, 0.25) is 17.6 Å². The van der Waals surface area contributed by atoms with Crippen LogP contribution in [0.4, 0.5) is 13.2 Å². The van der Waals surface area contributed by atoms with Crippen LogP contribution in [0.25, 0.3) is 0 Å². The maximum Gasteiger partial charge on any atom is 0.363 e. The summed E-state index contributed by atoms with van der Waals surface area (Å²) in [5, 5.41) is 4.57. The summed E-state index contributed by atoms with van der Waals surface area (Å²) < 4.78 is 53.2. The van der Waals surface area contributed by atoms with Gasteiger partial charge in [-0.25, -0.2) is 18.6 Å². The number of carbonyl (C=O) groups is 4. The third kappa shape index (κ3) is 8.19. The molecule has 1 aliphatic heterocycles. The second kappa shape index (κ2) is 15.8. The molecular formula is C34H47F3N4O6S. The normalized spacial score (nSPS) is 19.0. The summed E-state index contributed by atoms with van der Waals surface area (Å²) in [6.07, 6.45) is 1.34. The summed E-state index contributed by atoms with van der Waals surface area (Å²) in [4.78, 5) is 60.6. The highest BCUT2D eigenvalue weighted by molar-refractivity contribution is 7.09. The molecular weight excluding hydrogens is 649 g/mol. The standard InChI is InChI=1S/C34H47F3N4O6S/c1-11-18(4)28(39-33(45)34(8)13-12-14-40(34)9)31(43)41(10)23(17(2)3)15-24(46-21(7)42)30-38-22(16-48-30)32(44)47-29-20(6)19(5)25(35)26(36)27(29)37/h16-18,23-24,28H,11-15H2,1-10H3,(H,39,45)/t18-,23+,24+,28-,34+/m0/s1. The van der Waals surface area contributed by atoms with E-state index in [-0.39, 0.29) is 51.9 Å². The number of carbonyl (C=O) groups excluding carboxylic acids is 4. The molecule has 0 saturated carbocycles. The molecule has 266 valence electrons. The van der Waals surface area contributed by atoms with Crippen molar-refractivity contribution in [3.05, 3.63) is 44.7 Å². The number of hydrogen-bond acceptors (Lipinski definition) is 9. The summed E-state index contributed by atoms with van der Waals surface area (Å²) in [7, 11) is 3.55. The SMILES string of the molecule is CC[C@H](C)[C@H](NC(=O)[C@@]1(C)CCCN1C)C(=O)N(C)[C@H](C[C@@H](OC(C)=O)c1nc(C(=O)Oc2c(C)c(C)c(F)c(F)c2F)cs1)C(C)C. The highest BCUT2D eigenvalue weighted by Crippen LogP contribution is 2.34. The van der Waals surface area contributed by atoms with Crippen LogP contribution in [0.15, 0.2) is 5.38 Å². The predicted octanol–water partition coefficient (Wildman–Crippen LogP) is 5.89. The van der Waals surface area contributed by atoms with E-state index in [0.717, 1.165) is 24.3 Å². The van der Waals surface area contributed by atoms with Gasteiger partial charge in [-0.2, -0.15) is 4.39 Å². The van der Waals surface area contributed by atoms with Gasteiger partial charge >= 0.3 is 11.9 Å². The number of benzene rings is 1. The number of likely N-dealkylation sites (tertiary alicyclic amines) is 1. The maximum absolute atomic E-state index is 14.5. The molecule has 10 nitrogen and oxygen atoms in total. The Morgan fingerprint density at radius 1 is 1.10 bits per heavy atom. The number of halogens is 3. The van der Waals surface area contributed by atoms with Gasteiger partial charge in [0, 0.05) is 37.4 Å². The Bertz CT molecular complexity index is 1510. The fourth-order valence-corrected chi connectivity index (χ4v) is 6.73. The number of aromatic nitrogens is 1. The van der Waals surface area contributed by atoms with Crippen molar-refractivity contribution in [2.75, 3.05) is 20.6 Å². The van der Waals surface area contributed by atoms with Crippen molar-refractivity contribution in [1.82, 2.24) is 20.1 Å². The monoisotopic (exact) mass is 696 g/mol. The number of rotatable bonds is 13. The summed E-state index contributed by atoms with van der Waals surface area (Å²) in [6.45, 7) is 14.1. The van der Waals surface area contributed by atoms with Gasteiger partial charge in [-0.15, -0.1) is 11.3 Å². The molecule has 1 fully saturated rings. The first-order valence-corrected chi connectivity index (χ1v) is 17.0. The van der Waals surface area contributed by atoms with Crippen LogP contribution in [0.3, 0.4) is 0 Å². The minimum Gasteiger partial charge on any atom is -0.455 e. The summed E-state index contributed by atoms with van der Waals surface area (Å²) >= 11 is 0.984. The first kappa shape index (κ1) is 38.9. The molecule has 1 aromatic carbocycles. The number of esters is 2. The van der Waals surface area contributed by atoms with E-state index in [1.807, 2.05) is 46.6 Å². The van der Waals surface area contributed by atoms with Crippen LogP contribution < -0.4 is 10.1 Å². The zero-order chi connectivity index (χ0) is 36.2. The van der Waals surface area contributed by atoms with E-state index in [0.29, 0.717) is 12.8 Å². The fraction of sp³-hybridized carbons (Fsp3) is 0.618. The van der Waals surface area contributed by atoms with Crippen molar-refractivity contribution in [3.63, 3.8) is 0 Å².